The Bertz CT molecular complexity index is 501. The molecule has 1 aromatic carbocycles. The van der Waals surface area contributed by atoms with E-state index in [2.05, 4.69) is 0 Å². The molecule has 98 valence electrons. The first-order valence-corrected chi connectivity index (χ1v) is 6.01. The molecule has 0 atom stereocenters. The predicted octanol–water partition coefficient (Wildman–Crippen LogP) is 2.52. The summed E-state index contributed by atoms with van der Waals surface area (Å²) in [5.74, 6) is -0.216. The van der Waals surface area contributed by atoms with Crippen LogP contribution in [0.4, 0.5) is 0 Å². The average Bonchev–Trinajstić information content (AvgIpc) is 3.06. The van der Waals surface area contributed by atoms with Crippen LogP contribution in [0.2, 0.25) is 0 Å². The van der Waals surface area contributed by atoms with Crippen molar-refractivity contribution < 1.29 is 19.7 Å². The summed E-state index contributed by atoms with van der Waals surface area (Å²) in [4.78, 5) is 11.0. The van der Waals surface area contributed by atoms with E-state index in [-0.39, 0.29) is 17.6 Å². The van der Waals surface area contributed by atoms with Crippen LogP contribution >= 0.6 is 0 Å². The fourth-order valence-electron chi connectivity index (χ4n) is 2.56. The number of carboxylic acid groups (broad SMARTS) is 1. The summed E-state index contributed by atoms with van der Waals surface area (Å²) in [6.45, 7) is 3.75. The van der Waals surface area contributed by atoms with Gasteiger partial charge in [0, 0.05) is 5.41 Å². The number of carbonyl (C=O) groups is 1. The van der Waals surface area contributed by atoms with Gasteiger partial charge in [-0.3, -0.25) is 4.79 Å². The molecule has 0 bridgehead atoms. The molecule has 4 heteroatoms. The Morgan fingerprint density at radius 1 is 1.39 bits per heavy atom. The lowest BCUT2D eigenvalue weighted by Gasteiger charge is -2.20. The number of ether oxygens (including phenoxy) is 1. The number of methoxy groups -OCH3 is 1. The number of benzene rings is 1. The van der Waals surface area contributed by atoms with Crippen molar-refractivity contribution in [1.29, 1.82) is 0 Å². The maximum Gasteiger partial charge on any atom is 0.304 e. The predicted molar refractivity (Wildman–Crippen MR) is 67.3 cm³/mol. The van der Waals surface area contributed by atoms with E-state index in [9.17, 15) is 9.90 Å². The zero-order valence-corrected chi connectivity index (χ0v) is 10.9. The Kier molecular flexibility index (Phi) is 2.97. The minimum Gasteiger partial charge on any atom is -0.504 e. The highest BCUT2D eigenvalue weighted by Gasteiger charge is 2.47. The van der Waals surface area contributed by atoms with Crippen LogP contribution in [0.25, 0.3) is 0 Å². The van der Waals surface area contributed by atoms with Crippen LogP contribution in [-0.4, -0.2) is 23.3 Å². The fourth-order valence-corrected chi connectivity index (χ4v) is 2.56. The molecule has 1 aliphatic rings. The first-order valence-electron chi connectivity index (χ1n) is 6.01. The standard InChI is InChI=1S/C14H18O4/c1-8-9(2)13(17)11(18-3)6-10(8)14(4-5-14)7-12(15)16/h6,17H,4-5,7H2,1-3H3,(H,15,16). The molecule has 0 radical (unpaired) electrons. The molecule has 0 amide bonds. The van der Waals surface area contributed by atoms with Gasteiger partial charge in [0.15, 0.2) is 11.5 Å². The summed E-state index contributed by atoms with van der Waals surface area (Å²) in [5.41, 5.74) is 2.46. The van der Waals surface area contributed by atoms with Crippen molar-refractivity contribution >= 4 is 5.97 Å². The zero-order valence-electron chi connectivity index (χ0n) is 10.9. The van der Waals surface area contributed by atoms with Crippen LogP contribution < -0.4 is 4.74 Å². The molecule has 0 spiro atoms. The quantitative estimate of drug-likeness (QED) is 0.861. The molecule has 1 fully saturated rings. The lowest BCUT2D eigenvalue weighted by atomic mass is 9.86. The Labute approximate surface area is 106 Å². The van der Waals surface area contributed by atoms with Gasteiger partial charge in [0.05, 0.1) is 13.5 Å². The number of aromatic hydroxyl groups is 1. The van der Waals surface area contributed by atoms with Gasteiger partial charge in [-0.2, -0.15) is 0 Å². The third-order valence-corrected chi connectivity index (χ3v) is 3.96. The van der Waals surface area contributed by atoms with Crippen LogP contribution in [0.1, 0.15) is 36.0 Å². The molecule has 0 saturated heterocycles. The van der Waals surface area contributed by atoms with Crippen molar-refractivity contribution in [3.8, 4) is 11.5 Å². The average molecular weight is 250 g/mol. The van der Waals surface area contributed by atoms with Crippen LogP contribution in [-0.2, 0) is 10.2 Å². The van der Waals surface area contributed by atoms with E-state index in [1.807, 2.05) is 13.8 Å². The lowest BCUT2D eigenvalue weighted by molar-refractivity contribution is -0.137. The van der Waals surface area contributed by atoms with Gasteiger partial charge in [0.2, 0.25) is 0 Å². The Hall–Kier alpha value is -1.71. The van der Waals surface area contributed by atoms with Gasteiger partial charge in [-0.15, -0.1) is 0 Å². The maximum atomic E-state index is 11.0. The Morgan fingerprint density at radius 3 is 2.44 bits per heavy atom. The number of aliphatic carboxylic acids is 1. The van der Waals surface area contributed by atoms with Crippen molar-refractivity contribution in [2.24, 2.45) is 0 Å². The molecular formula is C14H18O4. The molecule has 0 unspecified atom stereocenters. The number of hydrogen-bond acceptors (Lipinski definition) is 3. The molecule has 2 N–H and O–H groups in total. The molecule has 0 aromatic heterocycles. The van der Waals surface area contributed by atoms with Crippen LogP contribution in [0, 0.1) is 13.8 Å². The second kappa shape index (κ2) is 4.19. The highest BCUT2D eigenvalue weighted by Crippen LogP contribution is 2.54. The summed E-state index contributed by atoms with van der Waals surface area (Å²) in [6, 6.07) is 1.79. The monoisotopic (exact) mass is 250 g/mol. The molecule has 18 heavy (non-hydrogen) atoms. The first kappa shape index (κ1) is 12.7. The zero-order chi connectivity index (χ0) is 13.5. The largest absolute Gasteiger partial charge is 0.504 e. The molecule has 0 aliphatic heterocycles. The number of phenolic OH excluding ortho intramolecular Hbond substituents is 1. The molecule has 0 heterocycles. The van der Waals surface area contributed by atoms with Gasteiger partial charge >= 0.3 is 5.97 Å². The number of phenols is 1. The summed E-state index contributed by atoms with van der Waals surface area (Å²) in [7, 11) is 1.50. The number of carboxylic acids is 1. The third-order valence-electron chi connectivity index (χ3n) is 3.96. The Morgan fingerprint density at radius 2 is 2.00 bits per heavy atom. The summed E-state index contributed by atoms with van der Waals surface area (Å²) < 4.78 is 5.15. The van der Waals surface area contributed by atoms with E-state index in [0.717, 1.165) is 29.5 Å². The minimum atomic E-state index is -0.781. The van der Waals surface area contributed by atoms with Gasteiger partial charge in [-0.05, 0) is 49.4 Å². The molecular weight excluding hydrogens is 232 g/mol. The van der Waals surface area contributed by atoms with Gasteiger partial charge in [0.25, 0.3) is 0 Å². The molecule has 4 nitrogen and oxygen atoms in total. The van der Waals surface area contributed by atoms with Crippen LogP contribution in [0.3, 0.4) is 0 Å². The molecule has 1 aromatic rings. The van der Waals surface area contributed by atoms with Crippen molar-refractivity contribution in [3.63, 3.8) is 0 Å². The van der Waals surface area contributed by atoms with E-state index in [1.54, 1.807) is 6.07 Å². The van der Waals surface area contributed by atoms with E-state index in [0.29, 0.717) is 5.75 Å². The second-order valence-corrected chi connectivity index (χ2v) is 5.08. The van der Waals surface area contributed by atoms with Gasteiger partial charge in [0.1, 0.15) is 0 Å². The second-order valence-electron chi connectivity index (χ2n) is 5.08. The van der Waals surface area contributed by atoms with Crippen LogP contribution in [0.15, 0.2) is 6.07 Å². The summed E-state index contributed by atoms with van der Waals surface area (Å²) in [5, 5.41) is 18.9. The van der Waals surface area contributed by atoms with Crippen molar-refractivity contribution in [3.05, 3.63) is 22.8 Å². The minimum absolute atomic E-state index is 0.140. The lowest BCUT2D eigenvalue weighted by Crippen LogP contribution is -2.15. The van der Waals surface area contributed by atoms with E-state index in [4.69, 9.17) is 9.84 Å². The summed E-state index contributed by atoms with van der Waals surface area (Å²) >= 11 is 0. The van der Waals surface area contributed by atoms with Crippen molar-refractivity contribution in [2.75, 3.05) is 7.11 Å². The summed E-state index contributed by atoms with van der Waals surface area (Å²) in [6.07, 6.45) is 1.90. The molecule has 2 rings (SSSR count). The SMILES string of the molecule is COc1cc(C2(CC(=O)O)CC2)c(C)c(C)c1O. The molecule has 1 aliphatic carbocycles. The number of hydrogen-bond donors (Lipinski definition) is 2. The van der Waals surface area contributed by atoms with E-state index < -0.39 is 5.97 Å². The highest BCUT2D eigenvalue weighted by atomic mass is 16.5. The molecule has 1 saturated carbocycles. The first-order chi connectivity index (χ1) is 8.41. The van der Waals surface area contributed by atoms with Crippen LogP contribution in [0.5, 0.6) is 11.5 Å². The maximum absolute atomic E-state index is 11.0. The topological polar surface area (TPSA) is 66.8 Å². The number of rotatable bonds is 4. The van der Waals surface area contributed by atoms with E-state index >= 15 is 0 Å². The highest BCUT2D eigenvalue weighted by molar-refractivity contribution is 5.71. The normalized spacial score (nSPS) is 16.4. The van der Waals surface area contributed by atoms with Gasteiger partial charge < -0.3 is 14.9 Å². The fraction of sp³-hybridized carbons (Fsp3) is 0.500. The van der Waals surface area contributed by atoms with Crippen molar-refractivity contribution in [2.45, 2.75) is 38.5 Å². The van der Waals surface area contributed by atoms with Gasteiger partial charge in [-0.1, -0.05) is 0 Å². The Balaban J connectivity index is 2.51. The van der Waals surface area contributed by atoms with E-state index in [1.165, 1.54) is 7.11 Å². The smallest absolute Gasteiger partial charge is 0.304 e. The third kappa shape index (κ3) is 1.92. The van der Waals surface area contributed by atoms with Crippen molar-refractivity contribution in [1.82, 2.24) is 0 Å². The van der Waals surface area contributed by atoms with Gasteiger partial charge in [-0.25, -0.2) is 0 Å².